The Morgan fingerprint density at radius 1 is 1.11 bits per heavy atom. The van der Waals surface area contributed by atoms with Crippen LogP contribution in [0.5, 0.6) is 0 Å². The van der Waals surface area contributed by atoms with E-state index in [4.69, 9.17) is 5.73 Å². The molecule has 4 atom stereocenters. The minimum absolute atomic E-state index is 0.319. The lowest BCUT2D eigenvalue weighted by atomic mass is 9.78. The predicted molar refractivity (Wildman–Crippen MR) is 80.1 cm³/mol. The van der Waals surface area contributed by atoms with Crippen LogP contribution in [0.15, 0.2) is 0 Å². The summed E-state index contributed by atoms with van der Waals surface area (Å²) in [5.41, 5.74) is 6.59. The van der Waals surface area contributed by atoms with Gasteiger partial charge in [-0.2, -0.15) is 0 Å². The molecule has 3 heteroatoms. The van der Waals surface area contributed by atoms with E-state index >= 15 is 0 Å². The van der Waals surface area contributed by atoms with Crippen LogP contribution in [0.3, 0.4) is 0 Å². The van der Waals surface area contributed by atoms with Gasteiger partial charge in [-0.3, -0.25) is 4.90 Å². The molecule has 3 heterocycles. The highest BCUT2D eigenvalue weighted by molar-refractivity contribution is 5.03. The Balaban J connectivity index is 1.72. The van der Waals surface area contributed by atoms with Crippen LogP contribution in [0.25, 0.3) is 0 Å². The Labute approximate surface area is 118 Å². The summed E-state index contributed by atoms with van der Waals surface area (Å²) in [4.78, 5) is 5.48. The molecule has 3 aliphatic rings. The molecule has 0 aliphatic carbocycles. The van der Waals surface area contributed by atoms with Crippen molar-refractivity contribution in [3.63, 3.8) is 0 Å². The highest BCUT2D eigenvalue weighted by Gasteiger charge is 2.45. The lowest BCUT2D eigenvalue weighted by molar-refractivity contribution is -0.0227. The maximum absolute atomic E-state index is 6.27. The SMILES string of the molecule is CC1CCN(C2(CN)CCN3CCCC3C2)CC1C. The molecular formula is C16H31N3. The molecule has 0 amide bonds. The summed E-state index contributed by atoms with van der Waals surface area (Å²) in [5.74, 6) is 1.72. The van der Waals surface area contributed by atoms with Crippen LogP contribution in [0.1, 0.15) is 46.0 Å². The van der Waals surface area contributed by atoms with Crippen molar-refractivity contribution >= 4 is 0 Å². The van der Waals surface area contributed by atoms with Gasteiger partial charge in [0, 0.05) is 31.2 Å². The summed E-state index contributed by atoms with van der Waals surface area (Å²) in [5, 5.41) is 0. The first kappa shape index (κ1) is 13.8. The van der Waals surface area contributed by atoms with Crippen molar-refractivity contribution in [1.82, 2.24) is 9.80 Å². The molecule has 0 spiro atoms. The summed E-state index contributed by atoms with van der Waals surface area (Å²) in [7, 11) is 0. The fraction of sp³-hybridized carbons (Fsp3) is 1.00. The Bertz CT molecular complexity index is 319. The molecule has 4 unspecified atom stereocenters. The van der Waals surface area contributed by atoms with Crippen molar-refractivity contribution in [3.8, 4) is 0 Å². The molecule has 0 aromatic rings. The fourth-order valence-corrected chi connectivity index (χ4v) is 4.61. The zero-order valence-electron chi connectivity index (χ0n) is 12.8. The van der Waals surface area contributed by atoms with Gasteiger partial charge >= 0.3 is 0 Å². The van der Waals surface area contributed by atoms with Gasteiger partial charge in [-0.15, -0.1) is 0 Å². The molecular weight excluding hydrogens is 234 g/mol. The van der Waals surface area contributed by atoms with E-state index in [1.165, 1.54) is 58.3 Å². The van der Waals surface area contributed by atoms with Crippen LogP contribution in [0, 0.1) is 11.8 Å². The molecule has 3 nitrogen and oxygen atoms in total. The fourth-order valence-electron chi connectivity index (χ4n) is 4.61. The molecule has 3 rings (SSSR count). The molecule has 2 N–H and O–H groups in total. The minimum atomic E-state index is 0.319. The van der Waals surface area contributed by atoms with Gasteiger partial charge in [-0.25, -0.2) is 0 Å². The van der Waals surface area contributed by atoms with Gasteiger partial charge in [0.2, 0.25) is 0 Å². The second-order valence-electron chi connectivity index (χ2n) is 7.40. The van der Waals surface area contributed by atoms with E-state index in [-0.39, 0.29) is 0 Å². The number of piperidine rings is 2. The Morgan fingerprint density at radius 2 is 1.95 bits per heavy atom. The summed E-state index contributed by atoms with van der Waals surface area (Å²) in [6, 6.07) is 0.826. The second kappa shape index (κ2) is 5.34. The Hall–Kier alpha value is -0.120. The standard InChI is InChI=1S/C16H31N3/c1-13-5-8-19(11-14(13)2)16(12-17)6-9-18-7-3-4-15(18)10-16/h13-15H,3-12,17H2,1-2H3. The largest absolute Gasteiger partial charge is 0.329 e. The van der Waals surface area contributed by atoms with Gasteiger partial charge in [0.15, 0.2) is 0 Å². The first-order valence-electron chi connectivity index (χ1n) is 8.34. The molecule has 0 aromatic heterocycles. The van der Waals surface area contributed by atoms with E-state index in [1.807, 2.05) is 0 Å². The van der Waals surface area contributed by atoms with Crippen molar-refractivity contribution in [2.24, 2.45) is 17.6 Å². The van der Waals surface area contributed by atoms with Crippen molar-refractivity contribution in [2.75, 3.05) is 32.7 Å². The average molecular weight is 265 g/mol. The Morgan fingerprint density at radius 3 is 2.68 bits per heavy atom. The number of nitrogens with zero attached hydrogens (tertiary/aromatic N) is 2. The third kappa shape index (κ3) is 2.45. The van der Waals surface area contributed by atoms with Gasteiger partial charge in [0.25, 0.3) is 0 Å². The highest BCUT2D eigenvalue weighted by Crippen LogP contribution is 2.39. The number of fused-ring (bicyclic) bond motifs is 1. The van der Waals surface area contributed by atoms with E-state index in [0.717, 1.165) is 24.4 Å². The topological polar surface area (TPSA) is 32.5 Å². The molecule has 3 saturated heterocycles. The molecule has 3 fully saturated rings. The van der Waals surface area contributed by atoms with Crippen molar-refractivity contribution in [3.05, 3.63) is 0 Å². The van der Waals surface area contributed by atoms with Crippen molar-refractivity contribution < 1.29 is 0 Å². The molecule has 0 saturated carbocycles. The number of nitrogens with two attached hydrogens (primary N) is 1. The zero-order valence-corrected chi connectivity index (χ0v) is 12.8. The van der Waals surface area contributed by atoms with Gasteiger partial charge in [-0.1, -0.05) is 13.8 Å². The lowest BCUT2D eigenvalue weighted by Gasteiger charge is -2.53. The quantitative estimate of drug-likeness (QED) is 0.828. The number of rotatable bonds is 2. The molecule has 3 aliphatic heterocycles. The van der Waals surface area contributed by atoms with E-state index in [1.54, 1.807) is 0 Å². The van der Waals surface area contributed by atoms with Crippen molar-refractivity contribution in [1.29, 1.82) is 0 Å². The average Bonchev–Trinajstić information content (AvgIpc) is 2.88. The summed E-state index contributed by atoms with van der Waals surface area (Å²) >= 11 is 0. The van der Waals surface area contributed by atoms with E-state index in [0.29, 0.717) is 5.54 Å². The van der Waals surface area contributed by atoms with Crippen LogP contribution in [0.2, 0.25) is 0 Å². The van der Waals surface area contributed by atoms with Gasteiger partial charge in [0.1, 0.15) is 0 Å². The second-order valence-corrected chi connectivity index (χ2v) is 7.40. The van der Waals surface area contributed by atoms with E-state index in [2.05, 4.69) is 23.6 Å². The molecule has 0 radical (unpaired) electrons. The van der Waals surface area contributed by atoms with Crippen LogP contribution in [-0.2, 0) is 0 Å². The Kier molecular flexibility index (Phi) is 3.89. The van der Waals surface area contributed by atoms with E-state index < -0.39 is 0 Å². The van der Waals surface area contributed by atoms with Crippen LogP contribution in [0.4, 0.5) is 0 Å². The summed E-state index contributed by atoms with van der Waals surface area (Å²) in [6.07, 6.45) is 6.78. The molecule has 0 bridgehead atoms. The molecule has 0 aromatic carbocycles. The number of hydrogen-bond acceptors (Lipinski definition) is 3. The first-order valence-corrected chi connectivity index (χ1v) is 8.34. The van der Waals surface area contributed by atoms with Gasteiger partial charge in [0.05, 0.1) is 0 Å². The third-order valence-corrected chi connectivity index (χ3v) is 6.36. The van der Waals surface area contributed by atoms with E-state index in [9.17, 15) is 0 Å². The maximum atomic E-state index is 6.27. The zero-order chi connectivity index (χ0) is 13.5. The number of likely N-dealkylation sites (tertiary alicyclic amines) is 1. The van der Waals surface area contributed by atoms with Crippen LogP contribution in [-0.4, -0.2) is 54.1 Å². The normalized spacial score (nSPS) is 45.3. The van der Waals surface area contributed by atoms with Crippen LogP contribution >= 0.6 is 0 Å². The summed E-state index contributed by atoms with van der Waals surface area (Å²) < 4.78 is 0. The van der Waals surface area contributed by atoms with Crippen molar-refractivity contribution in [2.45, 2.75) is 57.5 Å². The van der Waals surface area contributed by atoms with Gasteiger partial charge in [-0.05, 0) is 57.0 Å². The smallest absolute Gasteiger partial charge is 0.0358 e. The molecule has 110 valence electrons. The van der Waals surface area contributed by atoms with Gasteiger partial charge < -0.3 is 10.6 Å². The minimum Gasteiger partial charge on any atom is -0.329 e. The first-order chi connectivity index (χ1) is 9.14. The monoisotopic (exact) mass is 265 g/mol. The molecule has 19 heavy (non-hydrogen) atoms. The predicted octanol–water partition coefficient (Wildman–Crippen LogP) is 1.92. The number of hydrogen-bond donors (Lipinski definition) is 1. The lowest BCUT2D eigenvalue weighted by Crippen LogP contribution is -2.63. The third-order valence-electron chi connectivity index (χ3n) is 6.36. The summed E-state index contributed by atoms with van der Waals surface area (Å²) in [6.45, 7) is 10.8. The maximum Gasteiger partial charge on any atom is 0.0358 e. The highest BCUT2D eigenvalue weighted by atomic mass is 15.3. The van der Waals surface area contributed by atoms with Crippen LogP contribution < -0.4 is 5.73 Å².